The average molecular weight is 334 g/mol. The van der Waals surface area contributed by atoms with Crippen molar-refractivity contribution in [1.29, 1.82) is 0 Å². The zero-order valence-corrected chi connectivity index (χ0v) is 13.4. The van der Waals surface area contributed by atoms with E-state index in [0.717, 1.165) is 15.5 Å². The van der Waals surface area contributed by atoms with Crippen LogP contribution in [0.5, 0.6) is 0 Å². The number of piperazine rings is 1. The summed E-state index contributed by atoms with van der Waals surface area (Å²) in [5.74, 6) is -1.79. The van der Waals surface area contributed by atoms with Gasteiger partial charge in [0.25, 0.3) is 0 Å². The number of nitrogens with zero attached hydrogens (tertiary/aromatic N) is 4. The molecule has 0 atom stereocenters. The van der Waals surface area contributed by atoms with Gasteiger partial charge in [-0.25, -0.2) is 14.1 Å². The van der Waals surface area contributed by atoms with Gasteiger partial charge < -0.3 is 4.90 Å². The molecule has 2 aliphatic rings. The molecule has 0 aromatic heterocycles. The number of benzene rings is 1. The fourth-order valence-electron chi connectivity index (χ4n) is 2.95. The molecule has 3 rings (SSSR count). The van der Waals surface area contributed by atoms with Crippen LogP contribution in [0.3, 0.4) is 0 Å². The smallest absolute Gasteiger partial charge is 0.335 e. The van der Waals surface area contributed by atoms with Crippen molar-refractivity contribution >= 4 is 23.5 Å². The summed E-state index contributed by atoms with van der Waals surface area (Å²) in [7, 11) is 0. The largest absolute Gasteiger partial charge is 0.369 e. The summed E-state index contributed by atoms with van der Waals surface area (Å²) >= 11 is 0. The van der Waals surface area contributed by atoms with Crippen LogP contribution in [0.15, 0.2) is 24.3 Å². The molecule has 0 radical (unpaired) electrons. The van der Waals surface area contributed by atoms with E-state index in [2.05, 4.69) is 4.90 Å². The number of carbonyl (C=O) groups excluding carboxylic acids is 3. The summed E-state index contributed by atoms with van der Waals surface area (Å²) in [6, 6.07) is 5.77. The molecule has 24 heavy (non-hydrogen) atoms. The van der Waals surface area contributed by atoms with Gasteiger partial charge in [0.05, 0.1) is 6.67 Å². The Morgan fingerprint density at radius 2 is 1.50 bits per heavy atom. The van der Waals surface area contributed by atoms with Crippen LogP contribution < -0.4 is 4.90 Å². The van der Waals surface area contributed by atoms with Gasteiger partial charge in [-0.1, -0.05) is 0 Å². The molecule has 0 bridgehead atoms. The van der Waals surface area contributed by atoms with Crippen molar-refractivity contribution in [2.45, 2.75) is 6.92 Å². The predicted molar refractivity (Wildman–Crippen MR) is 84.7 cm³/mol. The summed E-state index contributed by atoms with van der Waals surface area (Å²) in [5.41, 5.74) is 0.941. The molecule has 0 saturated carbocycles. The quantitative estimate of drug-likeness (QED) is 0.600. The second kappa shape index (κ2) is 6.56. The van der Waals surface area contributed by atoms with Gasteiger partial charge in [-0.05, 0) is 31.2 Å². The molecule has 2 aliphatic heterocycles. The van der Waals surface area contributed by atoms with Crippen molar-refractivity contribution in [2.24, 2.45) is 0 Å². The number of urea groups is 1. The Bertz CT molecular complexity index is 656. The maximum absolute atomic E-state index is 13.0. The minimum absolute atomic E-state index is 0.122. The first-order valence-corrected chi connectivity index (χ1v) is 7.91. The van der Waals surface area contributed by atoms with Crippen LogP contribution >= 0.6 is 0 Å². The Kier molecular flexibility index (Phi) is 4.48. The highest BCUT2D eigenvalue weighted by Crippen LogP contribution is 2.18. The molecule has 128 valence electrons. The molecule has 8 heteroatoms. The van der Waals surface area contributed by atoms with Crippen molar-refractivity contribution < 1.29 is 18.8 Å². The number of anilines is 1. The normalized spacial score (nSPS) is 19.6. The predicted octanol–water partition coefficient (Wildman–Crippen LogP) is 0.716. The van der Waals surface area contributed by atoms with Gasteiger partial charge >= 0.3 is 17.8 Å². The Morgan fingerprint density at radius 1 is 0.917 bits per heavy atom. The second-order valence-corrected chi connectivity index (χ2v) is 5.79. The molecular formula is C16H19FN4O3. The lowest BCUT2D eigenvalue weighted by Crippen LogP contribution is -2.51. The van der Waals surface area contributed by atoms with Crippen LogP contribution in [0, 0.1) is 5.82 Å². The number of hydrogen-bond donors (Lipinski definition) is 0. The van der Waals surface area contributed by atoms with Crippen LogP contribution in [0.2, 0.25) is 0 Å². The van der Waals surface area contributed by atoms with Crippen molar-refractivity contribution in [3.05, 3.63) is 30.1 Å². The standard InChI is InChI=1S/C16H19FN4O3/c1-2-20-14(22)15(23)21(16(20)24)11-18-7-9-19(10-8-18)13-5-3-12(17)4-6-13/h3-6H,2,7-11H2,1H3. The van der Waals surface area contributed by atoms with E-state index in [1.165, 1.54) is 12.1 Å². The summed E-state index contributed by atoms with van der Waals surface area (Å²) in [4.78, 5) is 41.8. The molecule has 0 unspecified atom stereocenters. The molecule has 4 amide bonds. The van der Waals surface area contributed by atoms with E-state index in [1.807, 2.05) is 4.90 Å². The van der Waals surface area contributed by atoms with Gasteiger partial charge in [0.15, 0.2) is 0 Å². The van der Waals surface area contributed by atoms with Gasteiger partial charge in [-0.3, -0.25) is 19.4 Å². The highest BCUT2D eigenvalue weighted by atomic mass is 19.1. The zero-order valence-electron chi connectivity index (χ0n) is 13.4. The number of hydrogen-bond acceptors (Lipinski definition) is 5. The Balaban J connectivity index is 1.58. The van der Waals surface area contributed by atoms with Crippen molar-refractivity contribution in [3.63, 3.8) is 0 Å². The molecule has 2 heterocycles. The SMILES string of the molecule is CCN1C(=O)C(=O)N(CN2CCN(c3ccc(F)cc3)CC2)C1=O. The maximum Gasteiger partial charge on any atom is 0.335 e. The minimum atomic E-state index is -0.761. The van der Waals surface area contributed by atoms with Crippen LogP contribution in [0.25, 0.3) is 0 Å². The average Bonchev–Trinajstić information content (AvgIpc) is 2.79. The molecule has 0 N–H and O–H groups in total. The first kappa shape index (κ1) is 16.4. The Hall–Kier alpha value is -2.48. The van der Waals surface area contributed by atoms with E-state index < -0.39 is 17.8 Å². The first-order chi connectivity index (χ1) is 11.5. The van der Waals surface area contributed by atoms with Crippen molar-refractivity contribution in [1.82, 2.24) is 14.7 Å². The van der Waals surface area contributed by atoms with E-state index in [4.69, 9.17) is 0 Å². The third-order valence-corrected chi connectivity index (χ3v) is 4.36. The number of carbonyl (C=O) groups is 3. The third-order valence-electron chi connectivity index (χ3n) is 4.36. The molecular weight excluding hydrogens is 315 g/mol. The molecule has 2 saturated heterocycles. The van der Waals surface area contributed by atoms with Crippen LogP contribution in [-0.4, -0.2) is 71.9 Å². The second-order valence-electron chi connectivity index (χ2n) is 5.79. The monoisotopic (exact) mass is 334 g/mol. The fourth-order valence-corrected chi connectivity index (χ4v) is 2.95. The van der Waals surface area contributed by atoms with E-state index in [1.54, 1.807) is 19.1 Å². The minimum Gasteiger partial charge on any atom is -0.369 e. The van der Waals surface area contributed by atoms with Crippen LogP contribution in [0.4, 0.5) is 14.9 Å². The van der Waals surface area contributed by atoms with Gasteiger partial charge in [-0.2, -0.15) is 0 Å². The number of halogens is 1. The van der Waals surface area contributed by atoms with Crippen molar-refractivity contribution in [2.75, 3.05) is 44.3 Å². The summed E-state index contributed by atoms with van der Waals surface area (Å²) in [5, 5.41) is 0. The van der Waals surface area contributed by atoms with Gasteiger partial charge in [-0.15, -0.1) is 0 Å². The van der Waals surface area contributed by atoms with Gasteiger partial charge in [0.1, 0.15) is 5.82 Å². The molecule has 0 aliphatic carbocycles. The summed E-state index contributed by atoms with van der Waals surface area (Å²) in [6.07, 6.45) is 0. The summed E-state index contributed by atoms with van der Waals surface area (Å²) < 4.78 is 13.0. The maximum atomic E-state index is 13.0. The van der Waals surface area contributed by atoms with Crippen LogP contribution in [0.1, 0.15) is 6.92 Å². The topological polar surface area (TPSA) is 64.2 Å². The number of rotatable bonds is 4. The highest BCUT2D eigenvalue weighted by Gasteiger charge is 2.44. The van der Waals surface area contributed by atoms with E-state index in [9.17, 15) is 18.8 Å². The van der Waals surface area contributed by atoms with Gasteiger partial charge in [0, 0.05) is 38.4 Å². The lowest BCUT2D eigenvalue weighted by molar-refractivity contribution is -0.143. The lowest BCUT2D eigenvalue weighted by atomic mass is 10.2. The van der Waals surface area contributed by atoms with E-state index in [-0.39, 0.29) is 19.0 Å². The van der Waals surface area contributed by atoms with Crippen LogP contribution in [-0.2, 0) is 9.59 Å². The summed E-state index contributed by atoms with van der Waals surface area (Å²) in [6.45, 7) is 4.67. The number of amides is 4. The number of imide groups is 2. The Morgan fingerprint density at radius 3 is 2.04 bits per heavy atom. The molecule has 1 aromatic carbocycles. The fraction of sp³-hybridized carbons (Fsp3) is 0.438. The Labute approximate surface area is 139 Å². The zero-order chi connectivity index (χ0) is 17.3. The number of likely N-dealkylation sites (N-methyl/N-ethyl adjacent to an activating group) is 1. The molecule has 2 fully saturated rings. The van der Waals surface area contributed by atoms with E-state index in [0.29, 0.717) is 26.2 Å². The third kappa shape index (κ3) is 2.96. The molecule has 0 spiro atoms. The van der Waals surface area contributed by atoms with Gasteiger partial charge in [0.2, 0.25) is 0 Å². The molecule has 1 aromatic rings. The highest BCUT2D eigenvalue weighted by molar-refractivity contribution is 6.44. The van der Waals surface area contributed by atoms with E-state index >= 15 is 0 Å². The lowest BCUT2D eigenvalue weighted by Gasteiger charge is -2.37. The van der Waals surface area contributed by atoms with Crippen molar-refractivity contribution in [3.8, 4) is 0 Å². The molecule has 7 nitrogen and oxygen atoms in total. The first-order valence-electron chi connectivity index (χ1n) is 7.91.